The lowest BCUT2D eigenvalue weighted by Crippen LogP contribution is -2.65. The Bertz CT molecular complexity index is 2420. The third kappa shape index (κ3) is 5.41. The fraction of sp³-hybridized carbons (Fsp3) is 0.0435. The summed E-state index contributed by atoms with van der Waals surface area (Å²) in [5, 5.41) is 10.4. The van der Waals surface area contributed by atoms with Crippen LogP contribution >= 0.6 is 7.82 Å². The van der Waals surface area contributed by atoms with Crippen molar-refractivity contribution in [2.75, 3.05) is 0 Å². The van der Waals surface area contributed by atoms with E-state index in [9.17, 15) is 9.46 Å². The number of rotatable bonds is 6. The highest BCUT2D eigenvalue weighted by Crippen LogP contribution is 2.56. The molecule has 7 heteroatoms. The predicted octanol–water partition coefficient (Wildman–Crippen LogP) is 7.73. The topological polar surface area (TPSA) is 55.8 Å². The van der Waals surface area contributed by atoms with Crippen LogP contribution in [0, 0.1) is 0 Å². The van der Waals surface area contributed by atoms with Gasteiger partial charge in [0.15, 0.2) is 0 Å². The van der Waals surface area contributed by atoms with Gasteiger partial charge >= 0.3 is 7.82 Å². The van der Waals surface area contributed by atoms with E-state index >= 15 is 0 Å². The van der Waals surface area contributed by atoms with Gasteiger partial charge in [-0.25, -0.2) is 4.57 Å². The summed E-state index contributed by atoms with van der Waals surface area (Å²) in [6.07, 6.45) is 0. The second-order valence-electron chi connectivity index (χ2n) is 14.1. The molecule has 8 aromatic carbocycles. The average molecular weight is 741 g/mol. The molecule has 0 aliphatic carbocycles. The quantitative estimate of drug-likeness (QED) is 0.108. The molecule has 4 nitrogen and oxygen atoms in total. The molecule has 0 aromatic heterocycles. The highest BCUT2D eigenvalue weighted by atomic mass is 31.2. The number of fused-ring (bicyclic) bond motifs is 7. The van der Waals surface area contributed by atoms with Gasteiger partial charge < -0.3 is 9.05 Å². The molecule has 0 spiro atoms. The van der Waals surface area contributed by atoms with Crippen LogP contribution in [0.5, 0.6) is 11.5 Å². The Morgan fingerprint density at radius 3 is 1.04 bits per heavy atom. The van der Waals surface area contributed by atoms with Gasteiger partial charge in [0, 0.05) is 11.1 Å². The van der Waals surface area contributed by atoms with Crippen molar-refractivity contribution >= 4 is 76.6 Å². The summed E-state index contributed by atoms with van der Waals surface area (Å²) < 4.78 is 27.7. The van der Waals surface area contributed by atoms with Crippen LogP contribution in [0.2, 0.25) is 13.1 Å². The van der Waals surface area contributed by atoms with E-state index < -0.39 is 24.0 Å². The third-order valence-corrected chi connectivity index (χ3v) is 20.8. The van der Waals surface area contributed by atoms with E-state index in [0.29, 0.717) is 11.5 Å². The van der Waals surface area contributed by atoms with Crippen molar-refractivity contribution in [1.29, 1.82) is 0 Å². The first-order valence-corrected chi connectivity index (χ1v) is 24.4. The van der Waals surface area contributed by atoms with Crippen molar-refractivity contribution in [3.8, 4) is 22.6 Å². The molecule has 1 aliphatic heterocycles. The standard InChI is InChI=1S/C46H37O4PSi2/c1-52(35-21-7-3-8-22-35,36-23-9-4-10-24-36)41-31-33-19-15-17-29-39(33)43-44-40-30-18-16-20-34(40)32-42(46(44)50-51(47,48)49-45(41)43)53(2,37-25-11-5-12-26-37)38-27-13-6-14-28-38/h3-32H,1-2H3,(H,47,48). The molecule has 0 saturated heterocycles. The minimum Gasteiger partial charge on any atom is -0.395 e. The van der Waals surface area contributed by atoms with E-state index in [1.165, 1.54) is 0 Å². The summed E-state index contributed by atoms with van der Waals surface area (Å²) >= 11 is 0. The van der Waals surface area contributed by atoms with Crippen molar-refractivity contribution < 1.29 is 18.5 Å². The fourth-order valence-corrected chi connectivity index (χ4v) is 16.9. The van der Waals surface area contributed by atoms with Crippen LogP contribution in [0.4, 0.5) is 0 Å². The van der Waals surface area contributed by atoms with Crippen LogP contribution < -0.4 is 40.2 Å². The van der Waals surface area contributed by atoms with Crippen molar-refractivity contribution in [3.05, 3.63) is 182 Å². The Balaban J connectivity index is 1.49. The molecule has 53 heavy (non-hydrogen) atoms. The molecule has 0 fully saturated rings. The van der Waals surface area contributed by atoms with Crippen molar-refractivity contribution in [1.82, 2.24) is 0 Å². The normalized spacial score (nSPS) is 13.7. The summed E-state index contributed by atoms with van der Waals surface area (Å²) in [6.45, 7) is 4.62. The van der Waals surface area contributed by atoms with E-state index in [2.05, 4.69) is 159 Å². The smallest absolute Gasteiger partial charge is 0.395 e. The zero-order chi connectivity index (χ0) is 36.2. The van der Waals surface area contributed by atoms with Gasteiger partial charge in [-0.2, -0.15) is 0 Å². The second kappa shape index (κ2) is 12.9. The van der Waals surface area contributed by atoms with Crippen LogP contribution in [0.1, 0.15) is 0 Å². The molecule has 1 aliphatic rings. The minimum atomic E-state index is -4.77. The number of phosphoric acid groups is 1. The Hall–Kier alpha value is -5.50. The van der Waals surface area contributed by atoms with Gasteiger partial charge in [-0.3, -0.25) is 4.89 Å². The molecule has 0 radical (unpaired) electrons. The van der Waals surface area contributed by atoms with E-state index in [0.717, 1.165) is 63.8 Å². The Morgan fingerprint density at radius 1 is 0.434 bits per heavy atom. The number of benzene rings is 8. The molecule has 9 rings (SSSR count). The summed E-state index contributed by atoms with van der Waals surface area (Å²) in [6, 6.07) is 63.0. The molecular formula is C46H37O4PSi2. The Labute approximate surface area is 311 Å². The first kappa shape index (κ1) is 33.3. The van der Waals surface area contributed by atoms with Crippen LogP contribution in [0.25, 0.3) is 32.7 Å². The summed E-state index contributed by atoms with van der Waals surface area (Å²) in [7, 11) is -10.6. The highest BCUT2D eigenvalue weighted by Gasteiger charge is 2.46. The summed E-state index contributed by atoms with van der Waals surface area (Å²) in [5.74, 6) is 0.806. The van der Waals surface area contributed by atoms with Crippen molar-refractivity contribution in [2.24, 2.45) is 0 Å². The molecule has 0 saturated carbocycles. The van der Waals surface area contributed by atoms with Gasteiger partial charge in [-0.05, 0) is 52.7 Å². The lowest BCUT2D eigenvalue weighted by molar-refractivity contribution is 0.296. The molecule has 0 unspecified atom stereocenters. The van der Waals surface area contributed by atoms with Gasteiger partial charge in [-0.1, -0.05) is 195 Å². The first-order valence-electron chi connectivity index (χ1n) is 17.9. The van der Waals surface area contributed by atoms with E-state index in [1.807, 2.05) is 36.4 Å². The number of hydrogen-bond donors (Lipinski definition) is 1. The Kier molecular flexibility index (Phi) is 8.10. The fourth-order valence-electron chi connectivity index (χ4n) is 8.38. The lowest BCUT2D eigenvalue weighted by atomic mass is 9.92. The maximum absolute atomic E-state index is 14.7. The molecule has 0 atom stereocenters. The van der Waals surface area contributed by atoms with E-state index in [1.54, 1.807) is 0 Å². The van der Waals surface area contributed by atoms with Crippen molar-refractivity contribution in [2.45, 2.75) is 13.1 Å². The van der Waals surface area contributed by atoms with Gasteiger partial charge in [0.2, 0.25) is 0 Å². The van der Waals surface area contributed by atoms with E-state index in [-0.39, 0.29) is 0 Å². The molecule has 1 heterocycles. The maximum atomic E-state index is 14.7. The predicted molar refractivity (Wildman–Crippen MR) is 225 cm³/mol. The van der Waals surface area contributed by atoms with Gasteiger partial charge in [0.1, 0.15) is 27.6 Å². The average Bonchev–Trinajstić information content (AvgIpc) is 3.34. The number of phosphoric ester groups is 1. The van der Waals surface area contributed by atoms with Gasteiger partial charge in [-0.15, -0.1) is 0 Å². The zero-order valence-corrected chi connectivity index (χ0v) is 32.3. The number of hydrogen-bond acceptors (Lipinski definition) is 3. The Morgan fingerprint density at radius 2 is 0.717 bits per heavy atom. The van der Waals surface area contributed by atoms with E-state index in [4.69, 9.17) is 9.05 Å². The minimum absolute atomic E-state index is 0.403. The van der Waals surface area contributed by atoms with Gasteiger partial charge in [0.25, 0.3) is 0 Å². The zero-order valence-electron chi connectivity index (χ0n) is 29.4. The van der Waals surface area contributed by atoms with Crippen molar-refractivity contribution in [3.63, 3.8) is 0 Å². The molecule has 1 N–H and O–H groups in total. The molecule has 258 valence electrons. The monoisotopic (exact) mass is 740 g/mol. The molecular weight excluding hydrogens is 704 g/mol. The summed E-state index contributed by atoms with van der Waals surface area (Å²) in [4.78, 5) is 12.0. The largest absolute Gasteiger partial charge is 0.584 e. The maximum Gasteiger partial charge on any atom is 0.584 e. The molecule has 8 aromatic rings. The van der Waals surface area contributed by atoms with Gasteiger partial charge in [0.05, 0.1) is 0 Å². The third-order valence-electron chi connectivity index (χ3n) is 11.1. The first-order chi connectivity index (χ1) is 25.8. The second-order valence-corrected chi connectivity index (χ2v) is 23.3. The molecule has 0 bridgehead atoms. The highest BCUT2D eigenvalue weighted by molar-refractivity contribution is 7.48. The SMILES string of the molecule is C[Si](c1ccccc1)(c1ccccc1)c1cc2ccccc2c2c1OP(=O)(O)Oc1c([Si](C)(c3ccccc3)c3ccccc3)cc3ccccc3c1-2. The molecule has 0 amide bonds. The van der Waals surface area contributed by atoms with Crippen LogP contribution in [-0.2, 0) is 4.57 Å². The van der Waals surface area contributed by atoms with Crippen LogP contribution in [0.15, 0.2) is 182 Å². The van der Waals surface area contributed by atoms with Crippen LogP contribution in [0.3, 0.4) is 0 Å². The lowest BCUT2D eigenvalue weighted by Gasteiger charge is -2.33. The van der Waals surface area contributed by atoms with Crippen LogP contribution in [-0.4, -0.2) is 21.0 Å². The summed E-state index contributed by atoms with van der Waals surface area (Å²) in [5.41, 5.74) is 1.56.